The lowest BCUT2D eigenvalue weighted by molar-refractivity contribution is -0.176. The first-order valence-electron chi connectivity index (χ1n) is 4.20. The van der Waals surface area contributed by atoms with Crippen molar-refractivity contribution in [3.05, 3.63) is 22.8 Å². The lowest BCUT2D eigenvalue weighted by Crippen LogP contribution is -2.25. The quantitative estimate of drug-likeness (QED) is 0.848. The van der Waals surface area contributed by atoms with Crippen LogP contribution in [-0.4, -0.2) is 17.8 Å². The maximum Gasteiger partial charge on any atom is 0.394 e. The number of hydrogen-bond donors (Lipinski definition) is 0. The van der Waals surface area contributed by atoms with E-state index in [1.807, 2.05) is 0 Å². The van der Waals surface area contributed by atoms with Crippen LogP contribution in [0.25, 0.3) is 0 Å². The fraction of sp³-hybridized carbons (Fsp3) is 0.444. The average Bonchev–Trinajstić information content (AvgIpc) is 2.15. The Labute approximate surface area is 93.6 Å². The topological polar surface area (TPSA) is 22.1 Å². The van der Waals surface area contributed by atoms with E-state index in [0.29, 0.717) is 0 Å². The summed E-state index contributed by atoms with van der Waals surface area (Å²) in [4.78, 5) is 3.80. The van der Waals surface area contributed by atoms with Crippen molar-refractivity contribution < 1.29 is 17.9 Å². The number of pyridine rings is 1. The Kier molecular flexibility index (Phi) is 3.96. The van der Waals surface area contributed by atoms with Crippen LogP contribution in [-0.2, 0) is 0 Å². The molecule has 0 bridgehead atoms. The molecule has 0 aliphatic rings. The van der Waals surface area contributed by atoms with Crippen molar-refractivity contribution in [2.24, 2.45) is 5.92 Å². The molecular formula is C9H9BrF3NO. The molecule has 0 aliphatic heterocycles. The molecule has 0 amide bonds. The van der Waals surface area contributed by atoms with Crippen molar-refractivity contribution in [2.45, 2.75) is 13.1 Å². The van der Waals surface area contributed by atoms with Crippen LogP contribution in [0.1, 0.15) is 6.92 Å². The fourth-order valence-electron chi connectivity index (χ4n) is 0.753. The Hall–Kier alpha value is -0.780. The molecule has 0 fully saturated rings. The Morgan fingerprint density at radius 3 is 2.60 bits per heavy atom. The summed E-state index contributed by atoms with van der Waals surface area (Å²) in [6, 6.07) is 3.16. The lowest BCUT2D eigenvalue weighted by Gasteiger charge is -2.15. The highest BCUT2D eigenvalue weighted by Crippen LogP contribution is 2.26. The van der Waals surface area contributed by atoms with Crippen LogP contribution in [0.3, 0.4) is 0 Å². The Bertz CT molecular complexity index is 312. The first-order chi connectivity index (χ1) is 6.89. The van der Waals surface area contributed by atoms with Gasteiger partial charge in [0, 0.05) is 16.7 Å². The van der Waals surface area contributed by atoms with E-state index in [2.05, 4.69) is 20.9 Å². The Morgan fingerprint density at radius 1 is 1.47 bits per heavy atom. The van der Waals surface area contributed by atoms with Gasteiger partial charge in [-0.2, -0.15) is 13.2 Å². The van der Waals surface area contributed by atoms with Gasteiger partial charge in [-0.25, -0.2) is 4.98 Å². The maximum absolute atomic E-state index is 12.1. The van der Waals surface area contributed by atoms with Crippen LogP contribution in [0.4, 0.5) is 13.2 Å². The van der Waals surface area contributed by atoms with Crippen molar-refractivity contribution in [1.82, 2.24) is 4.98 Å². The van der Waals surface area contributed by atoms with Crippen LogP contribution >= 0.6 is 15.9 Å². The van der Waals surface area contributed by atoms with Crippen LogP contribution in [0.5, 0.6) is 5.88 Å². The van der Waals surface area contributed by atoms with Gasteiger partial charge in [0.15, 0.2) is 0 Å². The van der Waals surface area contributed by atoms with Crippen molar-refractivity contribution in [2.75, 3.05) is 6.61 Å². The fourth-order valence-corrected chi connectivity index (χ4v) is 0.987. The molecule has 0 saturated heterocycles. The summed E-state index contributed by atoms with van der Waals surface area (Å²) in [6.45, 7) is 0.650. The predicted octanol–water partition coefficient (Wildman–Crippen LogP) is 3.42. The zero-order valence-corrected chi connectivity index (χ0v) is 9.47. The molecule has 0 saturated carbocycles. The minimum Gasteiger partial charge on any atom is -0.477 e. The zero-order valence-electron chi connectivity index (χ0n) is 7.88. The molecular weight excluding hydrogens is 275 g/mol. The van der Waals surface area contributed by atoms with Crippen LogP contribution in [0.15, 0.2) is 22.8 Å². The van der Waals surface area contributed by atoms with E-state index in [-0.39, 0.29) is 5.88 Å². The highest BCUT2D eigenvalue weighted by atomic mass is 79.9. The number of rotatable bonds is 3. The molecule has 15 heavy (non-hydrogen) atoms. The molecule has 1 unspecified atom stereocenters. The summed E-state index contributed by atoms with van der Waals surface area (Å²) in [6.07, 6.45) is -2.76. The number of ether oxygens (including phenoxy) is 1. The summed E-state index contributed by atoms with van der Waals surface area (Å²) >= 11 is 3.16. The molecule has 0 aliphatic carbocycles. The van der Waals surface area contributed by atoms with E-state index in [4.69, 9.17) is 4.74 Å². The van der Waals surface area contributed by atoms with Gasteiger partial charge < -0.3 is 4.74 Å². The Morgan fingerprint density at radius 2 is 2.13 bits per heavy atom. The summed E-state index contributed by atoms with van der Waals surface area (Å²) in [7, 11) is 0. The van der Waals surface area contributed by atoms with Gasteiger partial charge >= 0.3 is 6.18 Å². The molecule has 0 spiro atoms. The number of alkyl halides is 3. The predicted molar refractivity (Wildman–Crippen MR) is 52.7 cm³/mol. The molecule has 0 aromatic carbocycles. The number of aromatic nitrogens is 1. The van der Waals surface area contributed by atoms with Gasteiger partial charge in [-0.1, -0.05) is 6.92 Å². The molecule has 2 nitrogen and oxygen atoms in total. The second-order valence-corrected chi connectivity index (χ2v) is 3.98. The van der Waals surface area contributed by atoms with Gasteiger partial charge in [-0.05, 0) is 22.0 Å². The third-order valence-electron chi connectivity index (χ3n) is 1.74. The van der Waals surface area contributed by atoms with E-state index in [9.17, 15) is 13.2 Å². The number of hydrogen-bond acceptors (Lipinski definition) is 2. The van der Waals surface area contributed by atoms with Gasteiger partial charge in [-0.3, -0.25) is 0 Å². The second-order valence-electron chi connectivity index (χ2n) is 3.07. The average molecular weight is 284 g/mol. The molecule has 0 N–H and O–H groups in total. The summed E-state index contributed by atoms with van der Waals surface area (Å²) < 4.78 is 42.0. The molecule has 84 valence electrons. The molecule has 0 radical (unpaired) electrons. The van der Waals surface area contributed by atoms with Crippen molar-refractivity contribution in [1.29, 1.82) is 0 Å². The smallest absolute Gasteiger partial charge is 0.394 e. The maximum atomic E-state index is 12.1. The van der Waals surface area contributed by atoms with E-state index >= 15 is 0 Å². The molecule has 1 atom stereocenters. The van der Waals surface area contributed by atoms with Crippen molar-refractivity contribution in [3.63, 3.8) is 0 Å². The monoisotopic (exact) mass is 283 g/mol. The molecule has 1 aromatic heterocycles. The molecule has 6 heteroatoms. The van der Waals surface area contributed by atoms with E-state index < -0.39 is 18.7 Å². The van der Waals surface area contributed by atoms with Crippen molar-refractivity contribution in [3.8, 4) is 5.88 Å². The highest BCUT2D eigenvalue weighted by Gasteiger charge is 2.36. The van der Waals surface area contributed by atoms with E-state index in [1.54, 1.807) is 6.07 Å². The molecule has 1 aromatic rings. The highest BCUT2D eigenvalue weighted by molar-refractivity contribution is 9.10. The summed E-state index contributed by atoms with van der Waals surface area (Å²) in [5.74, 6) is -1.31. The number of halogens is 4. The van der Waals surface area contributed by atoms with Crippen molar-refractivity contribution >= 4 is 15.9 Å². The molecule has 1 heterocycles. The largest absolute Gasteiger partial charge is 0.477 e. The molecule has 1 rings (SSSR count). The number of nitrogens with zero attached hydrogens (tertiary/aromatic N) is 1. The van der Waals surface area contributed by atoms with Crippen LogP contribution in [0.2, 0.25) is 0 Å². The standard InChI is InChI=1S/C9H9BrF3NO/c1-6(9(11,12)13)5-15-8-3-2-7(10)4-14-8/h2-4,6H,5H2,1H3. The third-order valence-corrected chi connectivity index (χ3v) is 2.21. The summed E-state index contributed by atoms with van der Waals surface area (Å²) in [5.41, 5.74) is 0. The zero-order chi connectivity index (χ0) is 11.5. The van der Waals surface area contributed by atoms with Crippen LogP contribution < -0.4 is 4.74 Å². The van der Waals surface area contributed by atoms with Gasteiger partial charge in [0.2, 0.25) is 5.88 Å². The van der Waals surface area contributed by atoms with Gasteiger partial charge in [-0.15, -0.1) is 0 Å². The van der Waals surface area contributed by atoms with E-state index in [1.165, 1.54) is 12.3 Å². The van der Waals surface area contributed by atoms with Gasteiger partial charge in [0.1, 0.15) is 6.61 Å². The minimum absolute atomic E-state index is 0.189. The van der Waals surface area contributed by atoms with Gasteiger partial charge in [0.05, 0.1) is 5.92 Å². The lowest BCUT2D eigenvalue weighted by atomic mass is 10.2. The van der Waals surface area contributed by atoms with Crippen LogP contribution in [0, 0.1) is 5.92 Å². The third kappa shape index (κ3) is 4.07. The first-order valence-corrected chi connectivity index (χ1v) is 5.00. The normalized spacial score (nSPS) is 13.7. The first kappa shape index (κ1) is 12.3. The van der Waals surface area contributed by atoms with Gasteiger partial charge in [0.25, 0.3) is 0 Å². The van der Waals surface area contributed by atoms with E-state index in [0.717, 1.165) is 11.4 Å². The SMILES string of the molecule is CC(COc1ccc(Br)cn1)C(F)(F)F. The second kappa shape index (κ2) is 4.83. The summed E-state index contributed by atoms with van der Waals surface area (Å²) in [5, 5.41) is 0. The minimum atomic E-state index is -4.23. The Balaban J connectivity index is 2.47.